The van der Waals surface area contributed by atoms with Crippen molar-refractivity contribution >= 4 is 23.2 Å². The van der Waals surface area contributed by atoms with Gasteiger partial charge in [-0.3, -0.25) is 14.9 Å². The molecule has 0 saturated carbocycles. The Balaban J connectivity index is 1.61. The third-order valence-electron chi connectivity index (χ3n) is 4.33. The summed E-state index contributed by atoms with van der Waals surface area (Å²) >= 11 is 0. The fourth-order valence-electron chi connectivity index (χ4n) is 2.74. The molecule has 3 rings (SSSR count). The lowest BCUT2D eigenvalue weighted by atomic mass is 10.1. The van der Waals surface area contributed by atoms with Gasteiger partial charge in [0.25, 0.3) is 5.91 Å². The van der Waals surface area contributed by atoms with E-state index in [1.165, 1.54) is 0 Å². The van der Waals surface area contributed by atoms with Crippen LogP contribution < -0.4 is 20.7 Å². The minimum Gasteiger partial charge on any atom is -0.497 e. The van der Waals surface area contributed by atoms with Crippen LogP contribution in [0.1, 0.15) is 29.1 Å². The zero-order valence-corrected chi connectivity index (χ0v) is 16.3. The highest BCUT2D eigenvalue weighted by molar-refractivity contribution is 6.10. The zero-order chi connectivity index (χ0) is 20.6. The van der Waals surface area contributed by atoms with Gasteiger partial charge in [0.05, 0.1) is 37.2 Å². The molecule has 1 atom stereocenters. The number of furan rings is 1. The molecule has 0 spiro atoms. The summed E-state index contributed by atoms with van der Waals surface area (Å²) in [6.07, 6.45) is 1.59. The van der Waals surface area contributed by atoms with Gasteiger partial charge in [0.1, 0.15) is 11.5 Å². The fraction of sp³-hybridized carbons (Fsp3) is 0.182. The zero-order valence-electron chi connectivity index (χ0n) is 16.3. The minimum atomic E-state index is -0.317. The van der Waals surface area contributed by atoms with Crippen LogP contribution in [0.5, 0.6) is 5.75 Å². The van der Waals surface area contributed by atoms with E-state index in [4.69, 9.17) is 9.15 Å². The Hall–Kier alpha value is -3.58. The van der Waals surface area contributed by atoms with Crippen LogP contribution in [-0.2, 0) is 4.79 Å². The summed E-state index contributed by atoms with van der Waals surface area (Å²) < 4.78 is 10.4. The molecule has 1 heterocycles. The van der Waals surface area contributed by atoms with Crippen LogP contribution in [-0.4, -0.2) is 25.5 Å². The molecule has 0 fully saturated rings. The van der Waals surface area contributed by atoms with Crippen molar-refractivity contribution < 1.29 is 18.7 Å². The monoisotopic (exact) mass is 393 g/mol. The number of benzene rings is 2. The number of amides is 2. The van der Waals surface area contributed by atoms with Gasteiger partial charge in [-0.15, -0.1) is 0 Å². The molecule has 0 bridgehead atoms. The van der Waals surface area contributed by atoms with Crippen molar-refractivity contribution in [1.29, 1.82) is 0 Å². The number of anilines is 2. The van der Waals surface area contributed by atoms with E-state index in [0.717, 1.165) is 5.76 Å². The number of carbonyl (C=O) groups excluding carboxylic acids is 2. The number of nitrogens with one attached hydrogen (secondary N) is 3. The first-order valence-corrected chi connectivity index (χ1v) is 9.18. The van der Waals surface area contributed by atoms with Crippen LogP contribution in [0.3, 0.4) is 0 Å². The maximum Gasteiger partial charge on any atom is 0.257 e. The molecule has 0 aliphatic rings. The van der Waals surface area contributed by atoms with E-state index in [2.05, 4.69) is 16.0 Å². The number of hydrogen-bond donors (Lipinski definition) is 3. The predicted molar refractivity (Wildman–Crippen MR) is 111 cm³/mol. The summed E-state index contributed by atoms with van der Waals surface area (Å²) in [6.45, 7) is 1.98. The predicted octanol–water partition coefficient (Wildman–Crippen LogP) is 3.83. The van der Waals surface area contributed by atoms with Gasteiger partial charge < -0.3 is 19.8 Å². The number of methoxy groups -OCH3 is 1. The summed E-state index contributed by atoms with van der Waals surface area (Å²) in [4.78, 5) is 25.0. The van der Waals surface area contributed by atoms with Crippen molar-refractivity contribution in [2.75, 3.05) is 24.3 Å². The number of hydrogen-bond acceptors (Lipinski definition) is 5. The standard InChI is InChI=1S/C22H23N3O4/c1-15(20-8-5-13-29-20)23-14-21(26)25-19-7-4-3-6-18(19)22(27)24-16-9-11-17(28-2)12-10-16/h3-13,15,23H,14H2,1-2H3,(H,24,27)(H,25,26)/t15-/m0/s1. The molecular weight excluding hydrogens is 370 g/mol. The van der Waals surface area contributed by atoms with Gasteiger partial charge >= 0.3 is 0 Å². The number of ether oxygens (including phenoxy) is 1. The maximum atomic E-state index is 12.7. The molecule has 3 aromatic rings. The van der Waals surface area contributed by atoms with Crippen LogP contribution in [0.2, 0.25) is 0 Å². The molecule has 3 N–H and O–H groups in total. The molecule has 0 unspecified atom stereocenters. The molecule has 2 aromatic carbocycles. The average molecular weight is 393 g/mol. The minimum absolute atomic E-state index is 0.0797. The largest absolute Gasteiger partial charge is 0.497 e. The van der Waals surface area contributed by atoms with Gasteiger partial charge in [0, 0.05) is 5.69 Å². The van der Waals surface area contributed by atoms with Gasteiger partial charge in [-0.2, -0.15) is 0 Å². The number of carbonyl (C=O) groups is 2. The van der Waals surface area contributed by atoms with Gasteiger partial charge in [-0.05, 0) is 55.5 Å². The van der Waals surface area contributed by atoms with Crippen molar-refractivity contribution in [2.24, 2.45) is 0 Å². The summed E-state index contributed by atoms with van der Waals surface area (Å²) in [6, 6.07) is 17.4. The van der Waals surface area contributed by atoms with Gasteiger partial charge in [-0.25, -0.2) is 0 Å². The Morgan fingerprint density at radius 3 is 2.45 bits per heavy atom. The molecule has 150 valence electrons. The molecule has 7 heteroatoms. The Morgan fingerprint density at radius 2 is 1.76 bits per heavy atom. The topological polar surface area (TPSA) is 92.6 Å². The third-order valence-corrected chi connectivity index (χ3v) is 4.33. The highest BCUT2D eigenvalue weighted by Gasteiger charge is 2.15. The molecule has 1 aromatic heterocycles. The van der Waals surface area contributed by atoms with Crippen LogP contribution in [0.4, 0.5) is 11.4 Å². The lowest BCUT2D eigenvalue weighted by Crippen LogP contribution is -2.30. The Kier molecular flexibility index (Phi) is 6.65. The Bertz CT molecular complexity index is 952. The van der Waals surface area contributed by atoms with Crippen LogP contribution in [0, 0.1) is 0 Å². The smallest absolute Gasteiger partial charge is 0.257 e. The lowest BCUT2D eigenvalue weighted by Gasteiger charge is -2.14. The van der Waals surface area contributed by atoms with Gasteiger partial charge in [0.2, 0.25) is 5.91 Å². The lowest BCUT2D eigenvalue weighted by molar-refractivity contribution is -0.115. The summed E-state index contributed by atoms with van der Waals surface area (Å²) in [5.74, 6) is 0.875. The summed E-state index contributed by atoms with van der Waals surface area (Å²) in [7, 11) is 1.58. The normalized spacial score (nSPS) is 11.5. The molecule has 0 aliphatic heterocycles. The van der Waals surface area contributed by atoms with E-state index in [9.17, 15) is 9.59 Å². The van der Waals surface area contributed by atoms with Gasteiger partial charge in [0.15, 0.2) is 0 Å². The van der Waals surface area contributed by atoms with E-state index < -0.39 is 0 Å². The van der Waals surface area contributed by atoms with Crippen LogP contribution in [0.25, 0.3) is 0 Å². The highest BCUT2D eigenvalue weighted by atomic mass is 16.5. The first kappa shape index (κ1) is 20.2. The van der Waals surface area contributed by atoms with Crippen molar-refractivity contribution in [3.63, 3.8) is 0 Å². The van der Waals surface area contributed by atoms with Crippen molar-refractivity contribution in [2.45, 2.75) is 13.0 Å². The Labute approximate surface area is 169 Å². The maximum absolute atomic E-state index is 12.7. The van der Waals surface area contributed by atoms with E-state index >= 15 is 0 Å². The van der Waals surface area contributed by atoms with E-state index in [-0.39, 0.29) is 24.4 Å². The first-order chi connectivity index (χ1) is 14.1. The summed E-state index contributed by atoms with van der Waals surface area (Å²) in [5, 5.41) is 8.69. The van der Waals surface area contributed by atoms with Crippen molar-refractivity contribution in [3.8, 4) is 5.75 Å². The SMILES string of the molecule is COc1ccc(NC(=O)c2ccccc2NC(=O)CN[C@@H](C)c2ccco2)cc1. The van der Waals surface area contributed by atoms with Crippen LogP contribution >= 0.6 is 0 Å². The van der Waals surface area contributed by atoms with Crippen molar-refractivity contribution in [1.82, 2.24) is 5.32 Å². The number of para-hydroxylation sites is 1. The molecule has 0 saturated heterocycles. The second-order valence-corrected chi connectivity index (χ2v) is 6.39. The van der Waals surface area contributed by atoms with E-state index in [1.807, 2.05) is 13.0 Å². The van der Waals surface area contributed by atoms with Crippen molar-refractivity contribution in [3.05, 3.63) is 78.3 Å². The third kappa shape index (κ3) is 5.46. The van der Waals surface area contributed by atoms with E-state index in [1.54, 1.807) is 68.0 Å². The quantitative estimate of drug-likeness (QED) is 0.541. The summed E-state index contributed by atoms with van der Waals surface area (Å²) in [5.41, 5.74) is 1.44. The fourth-order valence-corrected chi connectivity index (χ4v) is 2.74. The molecular formula is C22H23N3O4. The van der Waals surface area contributed by atoms with Gasteiger partial charge in [-0.1, -0.05) is 12.1 Å². The molecule has 2 amide bonds. The Morgan fingerprint density at radius 1 is 1.00 bits per heavy atom. The second kappa shape index (κ2) is 9.57. The molecule has 0 radical (unpaired) electrons. The number of rotatable bonds is 8. The second-order valence-electron chi connectivity index (χ2n) is 6.39. The molecule has 0 aliphatic carbocycles. The highest BCUT2D eigenvalue weighted by Crippen LogP contribution is 2.19. The van der Waals surface area contributed by atoms with Crippen LogP contribution in [0.15, 0.2) is 71.3 Å². The molecule has 29 heavy (non-hydrogen) atoms. The average Bonchev–Trinajstić information content (AvgIpc) is 3.28. The molecule has 7 nitrogen and oxygen atoms in total. The first-order valence-electron chi connectivity index (χ1n) is 9.18. The van der Waals surface area contributed by atoms with E-state index in [0.29, 0.717) is 22.7 Å².